The first kappa shape index (κ1) is 45.1. The van der Waals surface area contributed by atoms with E-state index in [4.69, 9.17) is 28.0 Å². The molecule has 0 spiro atoms. The van der Waals surface area contributed by atoms with Crippen LogP contribution in [0, 0.1) is 11.3 Å². The van der Waals surface area contributed by atoms with Gasteiger partial charge in [0.1, 0.15) is 29.4 Å². The Balaban J connectivity index is 1.31. The molecule has 0 saturated carbocycles. The second-order valence-electron chi connectivity index (χ2n) is 15.2. The Kier molecular flexibility index (Phi) is 14.9. The van der Waals surface area contributed by atoms with E-state index in [9.17, 15) is 14.9 Å². The summed E-state index contributed by atoms with van der Waals surface area (Å²) in [5.41, 5.74) is 0.656. The van der Waals surface area contributed by atoms with E-state index in [0.717, 1.165) is 31.3 Å². The zero-order chi connectivity index (χ0) is 43.8. The highest BCUT2D eigenvalue weighted by atomic mass is 32.1. The van der Waals surface area contributed by atoms with Crippen LogP contribution in [0.25, 0.3) is 20.2 Å². The lowest BCUT2D eigenvalue weighted by Crippen LogP contribution is -2.39. The summed E-state index contributed by atoms with van der Waals surface area (Å²) in [4.78, 5) is 32.5. The van der Waals surface area contributed by atoms with Crippen LogP contribution in [0.15, 0.2) is 124 Å². The quantitative estimate of drug-likeness (QED) is 0.0475. The molecule has 12 nitrogen and oxygen atoms in total. The molecule has 1 N–H and O–H groups in total. The lowest BCUT2D eigenvalue weighted by molar-refractivity contribution is -0.0925. The predicted octanol–water partition coefficient (Wildman–Crippen LogP) is 9.97. The third-order valence-electron chi connectivity index (χ3n) is 10.6. The minimum atomic E-state index is -1.72. The van der Waals surface area contributed by atoms with Gasteiger partial charge in [-0.15, -0.1) is 22.7 Å². The van der Waals surface area contributed by atoms with Gasteiger partial charge in [-0.2, -0.15) is 5.26 Å². The van der Waals surface area contributed by atoms with Gasteiger partial charge < -0.3 is 28.0 Å². The van der Waals surface area contributed by atoms with Crippen molar-refractivity contribution in [2.24, 2.45) is 0 Å². The standard InChI is InChI=1S/C47H51N4O8PS2/c1-31(2)51(32(3)4)60(57-26-11-25-48)59-39-28-44(50-29-38(45(52)49-46(50)53)41-23-24-43(62-41)42-14-10-27-61-42)58-40(39)30-56-47(33-12-8-7-9-13-33,34-15-19-36(54-5)20-16-34)35-17-21-37(55-6)22-18-35/h7-10,12-24,27,29,31-32,39-40,44H,11,26,28,30H2,1-6H3,(H,49,52,53)/t39-,40+,44+,60?/m0/s1. The van der Waals surface area contributed by atoms with Crippen LogP contribution in [0.3, 0.4) is 0 Å². The van der Waals surface area contributed by atoms with Gasteiger partial charge in [0, 0.05) is 39.3 Å². The largest absolute Gasteiger partial charge is 0.497 e. The Morgan fingerprint density at radius 1 is 0.855 bits per heavy atom. The number of hydrogen-bond acceptors (Lipinski definition) is 12. The second-order valence-corrected chi connectivity index (χ2v) is 18.7. The van der Waals surface area contributed by atoms with E-state index in [1.807, 2.05) is 109 Å². The number of methoxy groups -OCH3 is 2. The normalized spacial score (nSPS) is 17.1. The Hall–Kier alpha value is -4.94. The number of aromatic amines is 1. The zero-order valence-electron chi connectivity index (χ0n) is 35.6. The number of nitrogens with zero attached hydrogens (tertiary/aromatic N) is 3. The lowest BCUT2D eigenvalue weighted by atomic mass is 9.80. The van der Waals surface area contributed by atoms with Crippen molar-refractivity contribution in [3.8, 4) is 37.8 Å². The van der Waals surface area contributed by atoms with E-state index in [-0.39, 0.29) is 38.1 Å². The van der Waals surface area contributed by atoms with Gasteiger partial charge in [-0.1, -0.05) is 60.7 Å². The molecule has 1 fully saturated rings. The minimum Gasteiger partial charge on any atom is -0.497 e. The highest BCUT2D eigenvalue weighted by Gasteiger charge is 2.45. The zero-order valence-corrected chi connectivity index (χ0v) is 38.1. The predicted molar refractivity (Wildman–Crippen MR) is 245 cm³/mol. The molecular weight excluding hydrogens is 844 g/mol. The molecule has 62 heavy (non-hydrogen) atoms. The van der Waals surface area contributed by atoms with Gasteiger partial charge in [-0.3, -0.25) is 14.3 Å². The van der Waals surface area contributed by atoms with Crippen molar-refractivity contribution in [1.82, 2.24) is 14.2 Å². The summed E-state index contributed by atoms with van der Waals surface area (Å²) in [6, 6.07) is 35.7. The second kappa shape index (κ2) is 20.5. The van der Waals surface area contributed by atoms with Crippen molar-refractivity contribution in [2.45, 2.75) is 76.7 Å². The van der Waals surface area contributed by atoms with E-state index < -0.39 is 43.8 Å². The molecule has 0 bridgehead atoms. The van der Waals surface area contributed by atoms with Gasteiger partial charge >= 0.3 is 5.69 Å². The van der Waals surface area contributed by atoms with E-state index >= 15 is 0 Å². The number of H-pyrrole nitrogens is 1. The Labute approximate surface area is 371 Å². The van der Waals surface area contributed by atoms with Crippen molar-refractivity contribution >= 4 is 31.2 Å². The summed E-state index contributed by atoms with van der Waals surface area (Å²) in [5, 5.41) is 11.4. The summed E-state index contributed by atoms with van der Waals surface area (Å²) in [7, 11) is 1.54. The third kappa shape index (κ3) is 9.81. The SMILES string of the molecule is COc1ccc(C(OC[C@H]2O[C@@H](n3cc(-c4ccc(-c5cccs5)s4)c(=O)[nH]c3=O)C[C@@H]2OP(OCCC#N)N(C(C)C)C(C)C)(c2ccccc2)c2ccc(OC)cc2)cc1. The molecule has 3 aromatic carbocycles. The molecular formula is C47H51N4O8PS2. The molecule has 15 heteroatoms. The molecule has 4 atom stereocenters. The molecule has 1 aliphatic rings. The van der Waals surface area contributed by atoms with Gasteiger partial charge in [-0.25, -0.2) is 9.46 Å². The summed E-state index contributed by atoms with van der Waals surface area (Å²) >= 11 is 3.10. The van der Waals surface area contributed by atoms with Crippen LogP contribution in [0.2, 0.25) is 0 Å². The number of aromatic nitrogens is 2. The first-order chi connectivity index (χ1) is 30.1. The molecule has 1 saturated heterocycles. The molecule has 324 valence electrons. The van der Waals surface area contributed by atoms with Crippen molar-refractivity contribution < 1.29 is 28.0 Å². The Bertz CT molecular complexity index is 2460. The number of hydrogen-bond donors (Lipinski definition) is 1. The highest BCUT2D eigenvalue weighted by molar-refractivity contribution is 7.44. The maximum absolute atomic E-state index is 13.8. The van der Waals surface area contributed by atoms with Crippen LogP contribution in [0.4, 0.5) is 0 Å². The molecule has 3 aromatic heterocycles. The molecule has 7 rings (SSSR count). The first-order valence-electron chi connectivity index (χ1n) is 20.4. The topological polar surface area (TPSA) is 137 Å². The highest BCUT2D eigenvalue weighted by Crippen LogP contribution is 2.51. The number of nitriles is 1. The third-order valence-corrected chi connectivity index (χ3v) is 15.0. The number of ether oxygens (including phenoxy) is 4. The van der Waals surface area contributed by atoms with Crippen LogP contribution in [0.1, 0.15) is 63.5 Å². The average Bonchev–Trinajstić information content (AvgIpc) is 4.07. The lowest BCUT2D eigenvalue weighted by Gasteiger charge is -2.39. The van der Waals surface area contributed by atoms with Gasteiger partial charge in [0.15, 0.2) is 0 Å². The Morgan fingerprint density at radius 3 is 2.06 bits per heavy atom. The van der Waals surface area contributed by atoms with Crippen molar-refractivity contribution in [1.29, 1.82) is 5.26 Å². The van der Waals surface area contributed by atoms with Crippen LogP contribution >= 0.6 is 31.2 Å². The molecule has 6 aromatic rings. The molecule has 0 amide bonds. The smallest absolute Gasteiger partial charge is 0.330 e. The number of rotatable bonds is 19. The maximum Gasteiger partial charge on any atom is 0.330 e. The minimum absolute atomic E-state index is 0.0128. The number of benzene rings is 3. The van der Waals surface area contributed by atoms with Gasteiger partial charge in [0.25, 0.3) is 14.1 Å². The van der Waals surface area contributed by atoms with Gasteiger partial charge in [0.2, 0.25) is 0 Å². The number of nitrogens with one attached hydrogen (secondary N) is 1. The monoisotopic (exact) mass is 894 g/mol. The molecule has 4 heterocycles. The van der Waals surface area contributed by atoms with E-state index in [1.54, 1.807) is 31.8 Å². The van der Waals surface area contributed by atoms with Crippen molar-refractivity contribution in [2.75, 3.05) is 27.4 Å². The van der Waals surface area contributed by atoms with Crippen molar-refractivity contribution in [3.05, 3.63) is 152 Å². The van der Waals surface area contributed by atoms with Crippen LogP contribution < -0.4 is 20.7 Å². The van der Waals surface area contributed by atoms with Gasteiger partial charge in [0.05, 0.1) is 51.6 Å². The average molecular weight is 895 g/mol. The van der Waals surface area contributed by atoms with Crippen LogP contribution in [-0.4, -0.2) is 65.9 Å². The van der Waals surface area contributed by atoms with E-state index in [1.165, 1.54) is 15.9 Å². The first-order valence-corrected chi connectivity index (χ1v) is 23.3. The Morgan fingerprint density at radius 2 is 1.48 bits per heavy atom. The summed E-state index contributed by atoms with van der Waals surface area (Å²) < 4.78 is 42.3. The summed E-state index contributed by atoms with van der Waals surface area (Å²) in [6.45, 7) is 8.50. The summed E-state index contributed by atoms with van der Waals surface area (Å²) in [5.74, 6) is 1.39. The fourth-order valence-electron chi connectivity index (χ4n) is 7.73. The molecule has 1 aliphatic heterocycles. The van der Waals surface area contributed by atoms with E-state index in [2.05, 4.69) is 43.4 Å². The molecule has 1 unspecified atom stereocenters. The van der Waals surface area contributed by atoms with Crippen molar-refractivity contribution in [3.63, 3.8) is 0 Å². The number of thiophene rings is 2. The maximum atomic E-state index is 13.8. The fourth-order valence-corrected chi connectivity index (χ4v) is 11.3. The molecule has 0 radical (unpaired) electrons. The van der Waals surface area contributed by atoms with Gasteiger partial charge in [-0.05, 0) is 92.2 Å². The van der Waals surface area contributed by atoms with E-state index in [0.29, 0.717) is 17.1 Å². The molecule has 0 aliphatic carbocycles. The van der Waals surface area contributed by atoms with Crippen LogP contribution in [0.5, 0.6) is 11.5 Å². The van der Waals surface area contributed by atoms with Crippen LogP contribution in [-0.2, 0) is 24.1 Å². The fraction of sp³-hybridized carbons (Fsp3) is 0.340. The summed E-state index contributed by atoms with van der Waals surface area (Å²) in [6.07, 6.45) is -0.220.